The van der Waals surface area contributed by atoms with Crippen LogP contribution in [0.4, 0.5) is 0 Å². The van der Waals surface area contributed by atoms with Gasteiger partial charge in [0.25, 0.3) is 0 Å². The normalized spacial score (nSPS) is 26.7. The zero-order valence-corrected chi connectivity index (χ0v) is 15.5. The molecular formula is C18H31N5O2. The smallest absolute Gasteiger partial charge is 0.229 e. The van der Waals surface area contributed by atoms with E-state index in [0.717, 1.165) is 18.7 Å². The van der Waals surface area contributed by atoms with Crippen LogP contribution >= 0.6 is 0 Å². The lowest BCUT2D eigenvalue weighted by atomic mass is 9.89. The highest BCUT2D eigenvalue weighted by Gasteiger charge is 2.25. The van der Waals surface area contributed by atoms with E-state index < -0.39 is 0 Å². The number of nitrogens with zero attached hydrogens (tertiary/aromatic N) is 4. The first-order valence-electron chi connectivity index (χ1n) is 9.66. The van der Waals surface area contributed by atoms with Crippen molar-refractivity contribution in [1.29, 1.82) is 0 Å². The Morgan fingerprint density at radius 1 is 1.16 bits per heavy atom. The van der Waals surface area contributed by atoms with E-state index in [1.54, 1.807) is 0 Å². The third-order valence-electron chi connectivity index (χ3n) is 5.53. The minimum atomic E-state index is 0.196. The monoisotopic (exact) mass is 349 g/mol. The molecule has 2 fully saturated rings. The second-order valence-electron chi connectivity index (χ2n) is 7.54. The van der Waals surface area contributed by atoms with Crippen LogP contribution in [0.25, 0.3) is 0 Å². The minimum Gasteiger partial charge on any atom is -0.386 e. The van der Waals surface area contributed by atoms with E-state index in [-0.39, 0.29) is 6.61 Å². The Kier molecular flexibility index (Phi) is 6.29. The van der Waals surface area contributed by atoms with Gasteiger partial charge in [0.2, 0.25) is 11.7 Å². The summed E-state index contributed by atoms with van der Waals surface area (Å²) < 4.78 is 5.38. The fraction of sp³-hybridized carbons (Fsp3) is 0.833. The molecule has 1 aromatic rings. The zero-order valence-electron chi connectivity index (χ0n) is 15.5. The van der Waals surface area contributed by atoms with Crippen molar-refractivity contribution in [3.8, 4) is 0 Å². The Balaban J connectivity index is 1.46. The summed E-state index contributed by atoms with van der Waals surface area (Å²) in [5, 5.41) is 8.03. The minimum absolute atomic E-state index is 0.196. The molecule has 0 aromatic carbocycles. The zero-order chi connectivity index (χ0) is 17.6. The summed E-state index contributed by atoms with van der Waals surface area (Å²) in [5.74, 6) is 2.19. The number of oxime groups is 1. The van der Waals surface area contributed by atoms with E-state index in [1.165, 1.54) is 38.5 Å². The molecule has 0 radical (unpaired) electrons. The molecule has 1 saturated heterocycles. The molecule has 25 heavy (non-hydrogen) atoms. The van der Waals surface area contributed by atoms with Crippen molar-refractivity contribution in [3.05, 3.63) is 11.7 Å². The van der Waals surface area contributed by atoms with Gasteiger partial charge in [0.05, 0.1) is 6.54 Å². The van der Waals surface area contributed by atoms with Crippen molar-refractivity contribution in [3.63, 3.8) is 0 Å². The van der Waals surface area contributed by atoms with Gasteiger partial charge in [-0.2, -0.15) is 4.98 Å². The van der Waals surface area contributed by atoms with Gasteiger partial charge in [0, 0.05) is 18.0 Å². The quantitative estimate of drug-likeness (QED) is 0.482. The van der Waals surface area contributed by atoms with Crippen molar-refractivity contribution in [2.75, 3.05) is 6.54 Å². The number of piperidine rings is 1. The third-order valence-corrected chi connectivity index (χ3v) is 5.53. The highest BCUT2D eigenvalue weighted by atomic mass is 16.6. The molecule has 2 heterocycles. The van der Waals surface area contributed by atoms with Gasteiger partial charge in [-0.1, -0.05) is 36.0 Å². The average Bonchev–Trinajstić information content (AvgIpc) is 3.08. The molecule has 7 heteroatoms. The summed E-state index contributed by atoms with van der Waals surface area (Å²) in [6, 6.07) is 1.07. The molecule has 0 bridgehead atoms. The van der Waals surface area contributed by atoms with E-state index in [4.69, 9.17) is 15.1 Å². The molecule has 1 saturated carbocycles. The summed E-state index contributed by atoms with van der Waals surface area (Å²) in [6.45, 7) is 5.33. The fourth-order valence-electron chi connectivity index (χ4n) is 4.02. The second kappa shape index (κ2) is 8.65. The van der Waals surface area contributed by atoms with Gasteiger partial charge in [-0.15, -0.1) is 0 Å². The summed E-state index contributed by atoms with van der Waals surface area (Å²) in [6.07, 6.45) is 9.78. The van der Waals surface area contributed by atoms with Gasteiger partial charge in [0.1, 0.15) is 0 Å². The number of hydrogen-bond donors (Lipinski definition) is 1. The third kappa shape index (κ3) is 4.93. The van der Waals surface area contributed by atoms with Crippen LogP contribution in [0.2, 0.25) is 0 Å². The van der Waals surface area contributed by atoms with Crippen LogP contribution in [0, 0.1) is 0 Å². The standard InChI is InChI=1S/C18H31N5O2/c1-13-7-6-8-14(2)23(13)11-16(19)21-24-12-17-20-18(25-22-17)15-9-4-3-5-10-15/h13-15H,3-12H2,1-2H3,(H2,19,21)/t13-,14-/m1/s1. The largest absolute Gasteiger partial charge is 0.386 e. The van der Waals surface area contributed by atoms with E-state index >= 15 is 0 Å². The van der Waals surface area contributed by atoms with Gasteiger partial charge in [-0.3, -0.25) is 4.90 Å². The fourth-order valence-corrected chi connectivity index (χ4v) is 4.02. The lowest BCUT2D eigenvalue weighted by Crippen LogP contribution is -2.47. The highest BCUT2D eigenvalue weighted by Crippen LogP contribution is 2.31. The number of likely N-dealkylation sites (tertiary alicyclic amines) is 1. The maximum Gasteiger partial charge on any atom is 0.229 e. The molecule has 1 aliphatic heterocycles. The number of rotatable bonds is 6. The van der Waals surface area contributed by atoms with E-state index in [1.807, 2.05) is 0 Å². The van der Waals surface area contributed by atoms with Crippen LogP contribution in [-0.2, 0) is 11.4 Å². The molecule has 2 N–H and O–H groups in total. The highest BCUT2D eigenvalue weighted by molar-refractivity contribution is 5.81. The number of hydrogen-bond acceptors (Lipinski definition) is 6. The molecule has 2 atom stereocenters. The predicted octanol–water partition coefficient (Wildman–Crippen LogP) is 3.17. The number of amidine groups is 1. The lowest BCUT2D eigenvalue weighted by Gasteiger charge is -2.38. The molecule has 1 aliphatic carbocycles. The molecule has 3 rings (SSSR count). The molecule has 0 spiro atoms. The number of aromatic nitrogens is 2. The van der Waals surface area contributed by atoms with Gasteiger partial charge in [-0.05, 0) is 39.5 Å². The predicted molar refractivity (Wildman–Crippen MR) is 96.0 cm³/mol. The molecule has 7 nitrogen and oxygen atoms in total. The summed E-state index contributed by atoms with van der Waals surface area (Å²) in [5.41, 5.74) is 6.03. The van der Waals surface area contributed by atoms with E-state index in [9.17, 15) is 0 Å². The number of nitrogens with two attached hydrogens (primary N) is 1. The maximum absolute atomic E-state index is 6.03. The van der Waals surface area contributed by atoms with Crippen molar-refractivity contribution in [2.24, 2.45) is 10.9 Å². The summed E-state index contributed by atoms with van der Waals surface area (Å²) in [7, 11) is 0. The van der Waals surface area contributed by atoms with Crippen LogP contribution in [0.3, 0.4) is 0 Å². The van der Waals surface area contributed by atoms with Gasteiger partial charge in [-0.25, -0.2) is 0 Å². The molecule has 0 unspecified atom stereocenters. The van der Waals surface area contributed by atoms with E-state index in [0.29, 0.717) is 36.2 Å². The maximum atomic E-state index is 6.03. The van der Waals surface area contributed by atoms with Crippen LogP contribution in [0.1, 0.15) is 82.8 Å². The first-order chi connectivity index (χ1) is 12.1. The molecule has 1 aromatic heterocycles. The molecule has 140 valence electrons. The lowest BCUT2D eigenvalue weighted by molar-refractivity contribution is 0.108. The Labute approximate surface area is 150 Å². The Hall–Kier alpha value is -1.63. The molecular weight excluding hydrogens is 318 g/mol. The van der Waals surface area contributed by atoms with Crippen molar-refractivity contribution >= 4 is 5.84 Å². The summed E-state index contributed by atoms with van der Waals surface area (Å²) in [4.78, 5) is 12.2. The Bertz CT molecular complexity index is 558. The second-order valence-corrected chi connectivity index (χ2v) is 7.54. The SMILES string of the molecule is C[C@@H]1CCC[C@@H](C)N1C/C(N)=N\OCc1noc(C2CCCCC2)n1. The van der Waals surface area contributed by atoms with Gasteiger partial charge >= 0.3 is 0 Å². The van der Waals surface area contributed by atoms with Crippen molar-refractivity contribution in [2.45, 2.75) is 89.8 Å². The first-order valence-corrected chi connectivity index (χ1v) is 9.66. The Morgan fingerprint density at radius 2 is 1.88 bits per heavy atom. The van der Waals surface area contributed by atoms with Crippen LogP contribution in [0.5, 0.6) is 0 Å². The van der Waals surface area contributed by atoms with Crippen molar-refractivity contribution < 1.29 is 9.36 Å². The summed E-state index contributed by atoms with van der Waals surface area (Å²) >= 11 is 0. The van der Waals surface area contributed by atoms with Gasteiger partial charge < -0.3 is 15.1 Å². The Morgan fingerprint density at radius 3 is 2.60 bits per heavy atom. The van der Waals surface area contributed by atoms with Crippen LogP contribution in [0.15, 0.2) is 9.68 Å². The van der Waals surface area contributed by atoms with Crippen LogP contribution in [-0.4, -0.2) is 39.5 Å². The van der Waals surface area contributed by atoms with Crippen LogP contribution < -0.4 is 5.73 Å². The topological polar surface area (TPSA) is 89.8 Å². The van der Waals surface area contributed by atoms with E-state index in [2.05, 4.69) is 34.0 Å². The van der Waals surface area contributed by atoms with Gasteiger partial charge in [0.15, 0.2) is 12.4 Å². The average molecular weight is 349 g/mol. The molecule has 2 aliphatic rings. The molecule has 0 amide bonds. The first kappa shape index (κ1) is 18.2. The van der Waals surface area contributed by atoms with Crippen molar-refractivity contribution in [1.82, 2.24) is 15.0 Å².